The van der Waals surface area contributed by atoms with Crippen LogP contribution >= 0.6 is 0 Å². The fourth-order valence-electron chi connectivity index (χ4n) is 2.33. The Morgan fingerprint density at radius 2 is 2.00 bits per heavy atom. The number of aliphatic carboxylic acids is 1. The molecule has 0 radical (unpaired) electrons. The van der Waals surface area contributed by atoms with Gasteiger partial charge < -0.3 is 15.2 Å². The molecule has 5 nitrogen and oxygen atoms in total. The summed E-state index contributed by atoms with van der Waals surface area (Å²) in [5, 5.41) is 12.0. The van der Waals surface area contributed by atoms with Gasteiger partial charge in [-0.25, -0.2) is 0 Å². The SMILES string of the molecule is COC(C)CCC(=O)NCC1(C(=O)O)CCCC1. The van der Waals surface area contributed by atoms with Crippen LogP contribution in [0, 0.1) is 5.41 Å². The summed E-state index contributed by atoms with van der Waals surface area (Å²) in [5.41, 5.74) is -0.734. The number of carbonyl (C=O) groups excluding carboxylic acids is 1. The summed E-state index contributed by atoms with van der Waals surface area (Å²) in [6.45, 7) is 2.16. The number of hydrogen-bond acceptors (Lipinski definition) is 3. The number of ether oxygens (including phenoxy) is 1. The molecular formula is C13H23NO4. The Kier molecular flexibility index (Phi) is 5.59. The highest BCUT2D eigenvalue weighted by atomic mass is 16.5. The number of rotatable bonds is 7. The molecule has 1 amide bonds. The average molecular weight is 257 g/mol. The molecule has 5 heteroatoms. The van der Waals surface area contributed by atoms with E-state index in [0.717, 1.165) is 12.8 Å². The first-order valence-electron chi connectivity index (χ1n) is 6.53. The first-order chi connectivity index (χ1) is 8.50. The van der Waals surface area contributed by atoms with Crippen LogP contribution in [0.4, 0.5) is 0 Å². The molecule has 0 aromatic rings. The molecular weight excluding hydrogens is 234 g/mol. The standard InChI is InChI=1S/C13H23NO4/c1-10(18-2)5-6-11(15)14-9-13(12(16)17)7-3-4-8-13/h10H,3-9H2,1-2H3,(H,14,15)(H,16,17). The molecule has 1 fully saturated rings. The van der Waals surface area contributed by atoms with E-state index in [4.69, 9.17) is 4.74 Å². The Morgan fingerprint density at radius 1 is 1.39 bits per heavy atom. The zero-order valence-corrected chi connectivity index (χ0v) is 11.2. The molecule has 2 N–H and O–H groups in total. The minimum absolute atomic E-state index is 0.0515. The van der Waals surface area contributed by atoms with Crippen LogP contribution in [-0.4, -0.2) is 36.7 Å². The van der Waals surface area contributed by atoms with Crippen LogP contribution in [0.25, 0.3) is 0 Å². The highest BCUT2D eigenvalue weighted by Gasteiger charge is 2.41. The Balaban J connectivity index is 2.34. The van der Waals surface area contributed by atoms with Gasteiger partial charge >= 0.3 is 5.97 Å². The molecule has 0 spiro atoms. The van der Waals surface area contributed by atoms with Crippen LogP contribution in [0.1, 0.15) is 45.4 Å². The lowest BCUT2D eigenvalue weighted by atomic mass is 9.86. The minimum atomic E-state index is -0.787. The Bertz CT molecular complexity index is 297. The summed E-state index contributed by atoms with van der Waals surface area (Å²) >= 11 is 0. The van der Waals surface area contributed by atoms with Gasteiger partial charge in [0.1, 0.15) is 0 Å². The van der Waals surface area contributed by atoms with Gasteiger partial charge in [0.05, 0.1) is 11.5 Å². The van der Waals surface area contributed by atoms with Crippen molar-refractivity contribution in [2.45, 2.75) is 51.6 Å². The minimum Gasteiger partial charge on any atom is -0.481 e. The topological polar surface area (TPSA) is 75.6 Å². The van der Waals surface area contributed by atoms with E-state index in [2.05, 4.69) is 5.32 Å². The van der Waals surface area contributed by atoms with E-state index in [1.165, 1.54) is 0 Å². The molecule has 0 aromatic heterocycles. The molecule has 1 rings (SSSR count). The lowest BCUT2D eigenvalue weighted by molar-refractivity contribution is -0.148. The quantitative estimate of drug-likeness (QED) is 0.725. The third-order valence-electron chi connectivity index (χ3n) is 3.82. The van der Waals surface area contributed by atoms with Gasteiger partial charge in [-0.2, -0.15) is 0 Å². The van der Waals surface area contributed by atoms with Crippen molar-refractivity contribution in [2.75, 3.05) is 13.7 Å². The molecule has 1 saturated carbocycles. The molecule has 0 aliphatic heterocycles. The first kappa shape index (κ1) is 15.0. The van der Waals surface area contributed by atoms with E-state index >= 15 is 0 Å². The van der Waals surface area contributed by atoms with Gasteiger partial charge in [0, 0.05) is 20.1 Å². The summed E-state index contributed by atoms with van der Waals surface area (Å²) < 4.78 is 5.06. The van der Waals surface area contributed by atoms with Gasteiger partial charge in [0.2, 0.25) is 5.91 Å². The predicted molar refractivity (Wildman–Crippen MR) is 67.3 cm³/mol. The number of amides is 1. The number of carbonyl (C=O) groups is 2. The van der Waals surface area contributed by atoms with Crippen molar-refractivity contribution in [3.63, 3.8) is 0 Å². The van der Waals surface area contributed by atoms with Crippen LogP contribution in [-0.2, 0) is 14.3 Å². The zero-order valence-electron chi connectivity index (χ0n) is 11.2. The van der Waals surface area contributed by atoms with E-state index in [0.29, 0.717) is 25.7 Å². The van der Waals surface area contributed by atoms with Crippen molar-refractivity contribution in [2.24, 2.45) is 5.41 Å². The van der Waals surface area contributed by atoms with Crippen molar-refractivity contribution in [1.29, 1.82) is 0 Å². The third-order valence-corrected chi connectivity index (χ3v) is 3.82. The predicted octanol–water partition coefficient (Wildman–Crippen LogP) is 1.56. The van der Waals surface area contributed by atoms with Crippen molar-refractivity contribution in [3.8, 4) is 0 Å². The molecule has 104 valence electrons. The van der Waals surface area contributed by atoms with Crippen LogP contribution in [0.5, 0.6) is 0 Å². The molecule has 0 heterocycles. The van der Waals surface area contributed by atoms with E-state index in [-0.39, 0.29) is 18.6 Å². The molecule has 1 aliphatic carbocycles. The summed E-state index contributed by atoms with van der Waals surface area (Å²) in [7, 11) is 1.61. The van der Waals surface area contributed by atoms with E-state index in [1.54, 1.807) is 7.11 Å². The molecule has 0 bridgehead atoms. The lowest BCUT2D eigenvalue weighted by Crippen LogP contribution is -2.41. The second kappa shape index (κ2) is 6.73. The van der Waals surface area contributed by atoms with Crippen molar-refractivity contribution in [1.82, 2.24) is 5.32 Å². The third kappa shape index (κ3) is 3.98. The highest BCUT2D eigenvalue weighted by molar-refractivity contribution is 5.79. The van der Waals surface area contributed by atoms with Crippen molar-refractivity contribution in [3.05, 3.63) is 0 Å². The number of methoxy groups -OCH3 is 1. The smallest absolute Gasteiger partial charge is 0.311 e. The second-order valence-corrected chi connectivity index (χ2v) is 5.15. The van der Waals surface area contributed by atoms with Gasteiger partial charge in [-0.05, 0) is 26.2 Å². The van der Waals surface area contributed by atoms with Gasteiger partial charge in [-0.1, -0.05) is 12.8 Å². The summed E-state index contributed by atoms with van der Waals surface area (Å²) in [4.78, 5) is 22.9. The van der Waals surface area contributed by atoms with E-state index < -0.39 is 11.4 Å². The van der Waals surface area contributed by atoms with Crippen molar-refractivity contribution < 1.29 is 19.4 Å². The first-order valence-corrected chi connectivity index (χ1v) is 6.53. The van der Waals surface area contributed by atoms with Gasteiger partial charge in [0.15, 0.2) is 0 Å². The highest BCUT2D eigenvalue weighted by Crippen LogP contribution is 2.37. The second-order valence-electron chi connectivity index (χ2n) is 5.15. The fraction of sp³-hybridized carbons (Fsp3) is 0.846. The largest absolute Gasteiger partial charge is 0.481 e. The Hall–Kier alpha value is -1.10. The van der Waals surface area contributed by atoms with Crippen LogP contribution in [0.2, 0.25) is 0 Å². The number of carboxylic acid groups (broad SMARTS) is 1. The zero-order chi connectivity index (χ0) is 13.6. The molecule has 18 heavy (non-hydrogen) atoms. The molecule has 1 unspecified atom stereocenters. The Labute approximate surface area is 108 Å². The van der Waals surface area contributed by atoms with Gasteiger partial charge in [-0.15, -0.1) is 0 Å². The van der Waals surface area contributed by atoms with Gasteiger partial charge in [0.25, 0.3) is 0 Å². The molecule has 0 saturated heterocycles. The van der Waals surface area contributed by atoms with Gasteiger partial charge in [-0.3, -0.25) is 9.59 Å². The van der Waals surface area contributed by atoms with Crippen LogP contribution in [0.3, 0.4) is 0 Å². The normalized spacial score (nSPS) is 19.4. The lowest BCUT2D eigenvalue weighted by Gasteiger charge is -2.24. The summed E-state index contributed by atoms with van der Waals surface area (Å²) in [6.07, 6.45) is 4.28. The molecule has 0 aromatic carbocycles. The Morgan fingerprint density at radius 3 is 2.50 bits per heavy atom. The van der Waals surface area contributed by atoms with Crippen molar-refractivity contribution >= 4 is 11.9 Å². The monoisotopic (exact) mass is 257 g/mol. The summed E-state index contributed by atoms with van der Waals surface area (Å²) in [6, 6.07) is 0. The maximum atomic E-state index is 11.6. The van der Waals surface area contributed by atoms with E-state index in [1.807, 2.05) is 6.92 Å². The fourth-order valence-corrected chi connectivity index (χ4v) is 2.33. The molecule has 1 aliphatic rings. The maximum absolute atomic E-state index is 11.6. The maximum Gasteiger partial charge on any atom is 0.311 e. The molecule has 1 atom stereocenters. The van der Waals surface area contributed by atoms with E-state index in [9.17, 15) is 14.7 Å². The van der Waals surface area contributed by atoms with Crippen LogP contribution in [0.15, 0.2) is 0 Å². The summed E-state index contributed by atoms with van der Waals surface area (Å²) in [5.74, 6) is -0.878. The number of carboxylic acids is 1. The number of nitrogens with one attached hydrogen (secondary N) is 1. The van der Waals surface area contributed by atoms with Crippen LogP contribution < -0.4 is 5.32 Å². The number of hydrogen-bond donors (Lipinski definition) is 2. The average Bonchev–Trinajstić information content (AvgIpc) is 2.83.